The number of aryl methyl sites for hydroxylation is 1. The molecule has 13 heavy (non-hydrogen) atoms. The Kier molecular flexibility index (Phi) is 3.37. The average molecular weight is 180 g/mol. The Morgan fingerprint density at radius 3 is 2.77 bits per heavy atom. The van der Waals surface area contributed by atoms with E-state index in [1.807, 2.05) is 13.8 Å². The number of rotatable bonds is 4. The highest BCUT2D eigenvalue weighted by atomic mass is 16.5. The van der Waals surface area contributed by atoms with E-state index in [9.17, 15) is 4.79 Å². The number of hydrogen-bond acceptors (Lipinski definition) is 4. The molecule has 0 spiro atoms. The Morgan fingerprint density at radius 2 is 2.23 bits per heavy atom. The lowest BCUT2D eigenvalue weighted by Crippen LogP contribution is -2.02. The van der Waals surface area contributed by atoms with Crippen molar-refractivity contribution in [2.45, 2.75) is 20.3 Å². The normalized spacial score (nSPS) is 9.69. The summed E-state index contributed by atoms with van der Waals surface area (Å²) in [4.78, 5) is 18.3. The number of aromatic nitrogens is 2. The maximum absolute atomic E-state index is 10.5. The number of nitrogens with zero attached hydrogens (tertiary/aromatic N) is 2. The van der Waals surface area contributed by atoms with Crippen molar-refractivity contribution in [1.29, 1.82) is 0 Å². The smallest absolute Gasteiger partial charge is 0.217 e. The van der Waals surface area contributed by atoms with Gasteiger partial charge in [0.15, 0.2) is 12.1 Å². The van der Waals surface area contributed by atoms with Crippen molar-refractivity contribution in [2.75, 3.05) is 6.61 Å². The predicted octanol–water partition coefficient (Wildman–Crippen LogP) is 1.25. The van der Waals surface area contributed by atoms with Crippen LogP contribution in [0.3, 0.4) is 0 Å². The number of aldehydes is 1. The Labute approximate surface area is 77.0 Å². The van der Waals surface area contributed by atoms with E-state index in [1.165, 1.54) is 0 Å². The van der Waals surface area contributed by atoms with E-state index in [0.717, 1.165) is 12.1 Å². The maximum atomic E-state index is 10.5. The minimum Gasteiger partial charge on any atom is -0.478 e. The average Bonchev–Trinajstić information content (AvgIpc) is 2.17. The van der Waals surface area contributed by atoms with E-state index >= 15 is 0 Å². The summed E-state index contributed by atoms with van der Waals surface area (Å²) in [5.74, 6) is 0.652. The van der Waals surface area contributed by atoms with E-state index in [0.29, 0.717) is 18.8 Å². The first-order chi connectivity index (χ1) is 6.30. The van der Waals surface area contributed by atoms with Gasteiger partial charge in [-0.3, -0.25) is 4.79 Å². The van der Waals surface area contributed by atoms with Crippen LogP contribution >= 0.6 is 0 Å². The van der Waals surface area contributed by atoms with Gasteiger partial charge in [0, 0.05) is 11.8 Å². The molecule has 1 heterocycles. The highest BCUT2D eigenvalue weighted by molar-refractivity contribution is 5.68. The summed E-state index contributed by atoms with van der Waals surface area (Å²) < 4.78 is 5.18. The molecule has 0 fully saturated rings. The van der Waals surface area contributed by atoms with Gasteiger partial charge in [-0.2, -0.15) is 4.98 Å². The van der Waals surface area contributed by atoms with Crippen LogP contribution in [0.25, 0.3) is 0 Å². The van der Waals surface area contributed by atoms with E-state index in [4.69, 9.17) is 4.74 Å². The summed E-state index contributed by atoms with van der Waals surface area (Å²) in [5, 5.41) is 0. The largest absolute Gasteiger partial charge is 0.478 e. The fourth-order valence-corrected chi connectivity index (χ4v) is 0.948. The summed E-state index contributed by atoms with van der Waals surface area (Å²) in [6, 6.07) is 1.75. The zero-order valence-corrected chi connectivity index (χ0v) is 7.78. The van der Waals surface area contributed by atoms with Crippen molar-refractivity contribution in [2.24, 2.45) is 0 Å². The second-order valence-corrected chi connectivity index (χ2v) is 2.46. The molecule has 0 bridgehead atoms. The van der Waals surface area contributed by atoms with Gasteiger partial charge in [0.05, 0.1) is 6.61 Å². The standard InChI is InChI=1S/C9H12N2O2/c1-3-7-5-9(13-4-2)11-8(6-12)10-7/h5-6H,3-4H2,1-2H3. The van der Waals surface area contributed by atoms with Gasteiger partial charge in [-0.25, -0.2) is 4.98 Å². The summed E-state index contributed by atoms with van der Waals surface area (Å²) in [5.41, 5.74) is 0.820. The molecule has 0 unspecified atom stereocenters. The molecule has 1 aromatic heterocycles. The van der Waals surface area contributed by atoms with Crippen LogP contribution in [0.15, 0.2) is 6.07 Å². The molecule has 1 rings (SSSR count). The highest BCUT2D eigenvalue weighted by Crippen LogP contribution is 2.08. The molecule has 4 heteroatoms. The Bertz CT molecular complexity index is 300. The van der Waals surface area contributed by atoms with Gasteiger partial charge < -0.3 is 4.74 Å². The first-order valence-electron chi connectivity index (χ1n) is 4.26. The monoisotopic (exact) mass is 180 g/mol. The summed E-state index contributed by atoms with van der Waals surface area (Å²) in [7, 11) is 0. The van der Waals surface area contributed by atoms with Gasteiger partial charge >= 0.3 is 0 Å². The van der Waals surface area contributed by atoms with Crippen LogP contribution in [0.1, 0.15) is 30.2 Å². The lowest BCUT2D eigenvalue weighted by Gasteiger charge is -2.03. The van der Waals surface area contributed by atoms with Crippen molar-refractivity contribution in [1.82, 2.24) is 9.97 Å². The molecule has 0 N–H and O–H groups in total. The van der Waals surface area contributed by atoms with Gasteiger partial charge in [0.1, 0.15) is 0 Å². The SMILES string of the molecule is CCOc1cc(CC)nc(C=O)n1. The van der Waals surface area contributed by atoms with Crippen molar-refractivity contribution in [3.63, 3.8) is 0 Å². The van der Waals surface area contributed by atoms with Crippen LogP contribution in [-0.2, 0) is 6.42 Å². The molecule has 0 aliphatic carbocycles. The van der Waals surface area contributed by atoms with Crippen LogP contribution in [0.4, 0.5) is 0 Å². The maximum Gasteiger partial charge on any atom is 0.217 e. The topological polar surface area (TPSA) is 52.1 Å². The molecular weight excluding hydrogens is 168 g/mol. The molecule has 0 aliphatic rings. The molecule has 0 amide bonds. The summed E-state index contributed by atoms with van der Waals surface area (Å²) in [6.45, 7) is 4.37. The van der Waals surface area contributed by atoms with Crippen molar-refractivity contribution in [3.8, 4) is 5.88 Å². The zero-order valence-electron chi connectivity index (χ0n) is 7.78. The predicted molar refractivity (Wildman–Crippen MR) is 48.0 cm³/mol. The second kappa shape index (κ2) is 4.54. The Balaban J connectivity index is 2.99. The third-order valence-corrected chi connectivity index (χ3v) is 1.53. The molecule has 0 atom stereocenters. The van der Waals surface area contributed by atoms with Crippen molar-refractivity contribution >= 4 is 6.29 Å². The summed E-state index contributed by atoms with van der Waals surface area (Å²) in [6.07, 6.45) is 1.39. The number of carbonyl (C=O) groups is 1. The lowest BCUT2D eigenvalue weighted by atomic mass is 10.3. The molecule has 4 nitrogen and oxygen atoms in total. The second-order valence-electron chi connectivity index (χ2n) is 2.46. The highest BCUT2D eigenvalue weighted by Gasteiger charge is 2.02. The molecule has 0 saturated carbocycles. The van der Waals surface area contributed by atoms with Crippen LogP contribution in [0.5, 0.6) is 5.88 Å². The Morgan fingerprint density at radius 1 is 1.46 bits per heavy atom. The van der Waals surface area contributed by atoms with Gasteiger partial charge in [-0.1, -0.05) is 6.92 Å². The molecule has 0 aromatic carbocycles. The molecular formula is C9H12N2O2. The zero-order chi connectivity index (χ0) is 9.68. The van der Waals surface area contributed by atoms with E-state index in [1.54, 1.807) is 6.07 Å². The first kappa shape index (κ1) is 9.64. The van der Waals surface area contributed by atoms with E-state index in [2.05, 4.69) is 9.97 Å². The fraction of sp³-hybridized carbons (Fsp3) is 0.444. The van der Waals surface area contributed by atoms with Crippen LogP contribution in [-0.4, -0.2) is 22.9 Å². The quantitative estimate of drug-likeness (QED) is 0.654. The summed E-state index contributed by atoms with van der Waals surface area (Å²) >= 11 is 0. The van der Waals surface area contributed by atoms with Gasteiger partial charge in [-0.05, 0) is 13.3 Å². The minimum absolute atomic E-state index is 0.183. The van der Waals surface area contributed by atoms with Gasteiger partial charge in [0.25, 0.3) is 0 Å². The molecule has 1 aromatic rings. The van der Waals surface area contributed by atoms with Gasteiger partial charge in [0.2, 0.25) is 5.88 Å². The Hall–Kier alpha value is -1.45. The minimum atomic E-state index is 0.183. The third-order valence-electron chi connectivity index (χ3n) is 1.53. The van der Waals surface area contributed by atoms with Crippen LogP contribution in [0, 0.1) is 0 Å². The first-order valence-corrected chi connectivity index (χ1v) is 4.26. The fourth-order valence-electron chi connectivity index (χ4n) is 0.948. The lowest BCUT2D eigenvalue weighted by molar-refractivity contribution is 0.111. The molecule has 0 saturated heterocycles. The van der Waals surface area contributed by atoms with Crippen LogP contribution in [0.2, 0.25) is 0 Å². The number of hydrogen-bond donors (Lipinski definition) is 0. The number of carbonyl (C=O) groups excluding carboxylic acids is 1. The molecule has 70 valence electrons. The van der Waals surface area contributed by atoms with Crippen molar-refractivity contribution < 1.29 is 9.53 Å². The molecule has 0 radical (unpaired) electrons. The van der Waals surface area contributed by atoms with E-state index < -0.39 is 0 Å². The molecule has 0 aliphatic heterocycles. The van der Waals surface area contributed by atoms with Crippen LogP contribution < -0.4 is 4.74 Å². The third kappa shape index (κ3) is 2.50. The van der Waals surface area contributed by atoms with Gasteiger partial charge in [-0.15, -0.1) is 0 Å². The number of ether oxygens (including phenoxy) is 1. The van der Waals surface area contributed by atoms with Crippen molar-refractivity contribution in [3.05, 3.63) is 17.6 Å². The van der Waals surface area contributed by atoms with E-state index in [-0.39, 0.29) is 5.82 Å².